The molecule has 1 saturated heterocycles. The minimum Gasteiger partial charge on any atom is -0.497 e. The molecule has 1 aromatic heterocycles. The molecular formula is C30H28F5N3O5. The van der Waals surface area contributed by atoms with Gasteiger partial charge in [0.25, 0.3) is 11.5 Å². The molecule has 5 rings (SSSR count). The molecule has 0 spiro atoms. The summed E-state index contributed by atoms with van der Waals surface area (Å²) >= 11 is 0. The fourth-order valence-corrected chi connectivity index (χ4v) is 5.57. The Morgan fingerprint density at radius 3 is 2.23 bits per heavy atom. The van der Waals surface area contributed by atoms with Gasteiger partial charge in [0.2, 0.25) is 5.91 Å². The Morgan fingerprint density at radius 2 is 1.67 bits per heavy atom. The van der Waals surface area contributed by atoms with Crippen molar-refractivity contribution < 1.29 is 41.0 Å². The van der Waals surface area contributed by atoms with E-state index in [-0.39, 0.29) is 36.1 Å². The lowest BCUT2D eigenvalue weighted by molar-refractivity contribution is -0.274. The van der Waals surface area contributed by atoms with Crippen LogP contribution in [0.25, 0.3) is 0 Å². The second-order valence-electron chi connectivity index (χ2n) is 10.6. The van der Waals surface area contributed by atoms with E-state index < -0.39 is 58.5 Å². The van der Waals surface area contributed by atoms with Gasteiger partial charge in [0.15, 0.2) is 0 Å². The average Bonchev–Trinajstić information content (AvgIpc) is 3.22. The number of carbonyl (C=O) groups is 2. The normalized spacial score (nSPS) is 18.9. The van der Waals surface area contributed by atoms with Crippen LogP contribution in [-0.4, -0.2) is 42.9 Å². The Morgan fingerprint density at radius 1 is 1.02 bits per heavy atom. The van der Waals surface area contributed by atoms with Gasteiger partial charge >= 0.3 is 6.36 Å². The van der Waals surface area contributed by atoms with Gasteiger partial charge in [-0.3, -0.25) is 14.4 Å². The first-order chi connectivity index (χ1) is 20.4. The number of hydrogen-bond donors (Lipinski definition) is 1. The third-order valence-corrected chi connectivity index (χ3v) is 7.97. The molecule has 228 valence electrons. The van der Waals surface area contributed by atoms with Crippen molar-refractivity contribution >= 4 is 17.5 Å². The summed E-state index contributed by atoms with van der Waals surface area (Å²) in [6.07, 6.45) is -0.619. The van der Waals surface area contributed by atoms with Gasteiger partial charge < -0.3 is 24.3 Å². The number of methoxy groups -OCH3 is 1. The number of halogens is 5. The number of anilines is 1. The molecule has 2 amide bonds. The maximum absolute atomic E-state index is 15.3. The molecule has 43 heavy (non-hydrogen) atoms. The first-order valence-corrected chi connectivity index (χ1v) is 13.6. The number of pyridine rings is 1. The molecule has 2 aliphatic rings. The van der Waals surface area contributed by atoms with Crippen LogP contribution in [0, 0.1) is 24.5 Å². The quantitative estimate of drug-likeness (QED) is 0.355. The van der Waals surface area contributed by atoms with Gasteiger partial charge in [-0.05, 0) is 62.1 Å². The Balaban J connectivity index is 1.46. The number of rotatable bonds is 8. The lowest BCUT2D eigenvalue weighted by Gasteiger charge is -2.29. The summed E-state index contributed by atoms with van der Waals surface area (Å²) in [5.74, 6) is -6.12. The molecule has 1 N–H and O–H groups in total. The average molecular weight is 606 g/mol. The van der Waals surface area contributed by atoms with Crippen molar-refractivity contribution in [2.24, 2.45) is 5.92 Å². The molecule has 3 aromatic rings. The fourth-order valence-electron chi connectivity index (χ4n) is 5.57. The Kier molecular flexibility index (Phi) is 8.17. The number of hydrogen-bond acceptors (Lipinski definition) is 5. The van der Waals surface area contributed by atoms with Crippen molar-refractivity contribution in [3.05, 3.63) is 87.3 Å². The van der Waals surface area contributed by atoms with E-state index in [1.807, 2.05) is 0 Å². The SMILES string of the molecule is COc1cc(F)c([C@@H]2CN(c3c(C)ccn(C4CCC4)c3=O)C(=O)C2CNC(=O)c2ccc(OC(F)(F)F)cc2)c(F)c1. The highest BCUT2D eigenvalue weighted by atomic mass is 19.4. The predicted molar refractivity (Wildman–Crippen MR) is 145 cm³/mol. The number of amides is 2. The van der Waals surface area contributed by atoms with E-state index >= 15 is 8.78 Å². The zero-order chi connectivity index (χ0) is 31.1. The third-order valence-electron chi connectivity index (χ3n) is 7.97. The van der Waals surface area contributed by atoms with E-state index in [0.29, 0.717) is 5.56 Å². The topological polar surface area (TPSA) is 89.9 Å². The lowest BCUT2D eigenvalue weighted by atomic mass is 9.87. The number of alkyl halides is 3. The highest BCUT2D eigenvalue weighted by molar-refractivity contribution is 6.00. The minimum absolute atomic E-state index is 0.000153. The van der Waals surface area contributed by atoms with Crippen molar-refractivity contribution in [1.82, 2.24) is 9.88 Å². The van der Waals surface area contributed by atoms with Crippen molar-refractivity contribution in [2.75, 3.05) is 25.1 Å². The van der Waals surface area contributed by atoms with Gasteiger partial charge in [-0.1, -0.05) is 0 Å². The molecule has 2 atom stereocenters. The molecule has 1 aliphatic heterocycles. The Hall–Kier alpha value is -4.42. The first-order valence-electron chi connectivity index (χ1n) is 13.6. The summed E-state index contributed by atoms with van der Waals surface area (Å²) in [5.41, 5.74) is -0.199. The molecule has 1 saturated carbocycles. The van der Waals surface area contributed by atoms with E-state index in [9.17, 15) is 27.6 Å². The molecule has 1 aliphatic carbocycles. The summed E-state index contributed by atoms with van der Waals surface area (Å²) in [6, 6.07) is 7.83. The number of ether oxygens (including phenoxy) is 2. The summed E-state index contributed by atoms with van der Waals surface area (Å²) in [7, 11) is 1.25. The van der Waals surface area contributed by atoms with Gasteiger partial charge in [0.1, 0.15) is 28.8 Å². The Bertz CT molecular complexity index is 1580. The van der Waals surface area contributed by atoms with Crippen molar-refractivity contribution in [2.45, 2.75) is 44.5 Å². The molecular weight excluding hydrogens is 577 g/mol. The Labute approximate surface area is 243 Å². The van der Waals surface area contributed by atoms with Crippen molar-refractivity contribution in [3.63, 3.8) is 0 Å². The van der Waals surface area contributed by atoms with E-state index in [1.54, 1.807) is 23.8 Å². The van der Waals surface area contributed by atoms with Crippen molar-refractivity contribution in [1.29, 1.82) is 0 Å². The number of benzene rings is 2. The summed E-state index contributed by atoms with van der Waals surface area (Å²) in [6.45, 7) is 1.07. The number of nitrogens with one attached hydrogen (secondary N) is 1. The van der Waals surface area contributed by atoms with Crippen LogP contribution in [0.3, 0.4) is 0 Å². The lowest BCUT2D eigenvalue weighted by Crippen LogP contribution is -2.39. The zero-order valence-electron chi connectivity index (χ0n) is 23.2. The van der Waals surface area contributed by atoms with Gasteiger partial charge in [-0.15, -0.1) is 13.2 Å². The maximum atomic E-state index is 15.3. The summed E-state index contributed by atoms with van der Waals surface area (Å²) in [5, 5.41) is 2.55. The van der Waals surface area contributed by atoms with E-state index in [0.717, 1.165) is 55.7 Å². The minimum atomic E-state index is -4.91. The van der Waals surface area contributed by atoms with Gasteiger partial charge in [0, 0.05) is 54.5 Å². The third kappa shape index (κ3) is 6.06. The predicted octanol–water partition coefficient (Wildman–Crippen LogP) is 5.24. The van der Waals surface area contributed by atoms with Crippen LogP contribution in [-0.2, 0) is 4.79 Å². The van der Waals surface area contributed by atoms with Gasteiger partial charge in [0.05, 0.1) is 13.0 Å². The van der Waals surface area contributed by atoms with Crippen LogP contribution in [0.1, 0.15) is 52.7 Å². The fraction of sp³-hybridized carbons (Fsp3) is 0.367. The van der Waals surface area contributed by atoms with E-state index in [4.69, 9.17) is 4.74 Å². The maximum Gasteiger partial charge on any atom is 0.573 e. The zero-order valence-corrected chi connectivity index (χ0v) is 23.2. The largest absolute Gasteiger partial charge is 0.573 e. The number of aryl methyl sites for hydroxylation is 1. The van der Waals surface area contributed by atoms with Crippen molar-refractivity contribution in [3.8, 4) is 11.5 Å². The van der Waals surface area contributed by atoms with Crippen LogP contribution < -0.4 is 25.2 Å². The van der Waals surface area contributed by atoms with Crippen LogP contribution >= 0.6 is 0 Å². The summed E-state index contributed by atoms with van der Waals surface area (Å²) in [4.78, 5) is 41.5. The number of carbonyl (C=O) groups excluding carboxylic acids is 2. The smallest absolute Gasteiger partial charge is 0.497 e. The molecule has 0 radical (unpaired) electrons. The summed E-state index contributed by atoms with van der Waals surface area (Å²) < 4.78 is 78.3. The van der Waals surface area contributed by atoms with Gasteiger partial charge in [-0.25, -0.2) is 8.78 Å². The molecule has 13 heteroatoms. The van der Waals surface area contributed by atoms with Crippen LogP contribution in [0.5, 0.6) is 11.5 Å². The van der Waals surface area contributed by atoms with Crippen LogP contribution in [0.2, 0.25) is 0 Å². The molecule has 0 bridgehead atoms. The molecule has 8 nitrogen and oxygen atoms in total. The highest BCUT2D eigenvalue weighted by Gasteiger charge is 2.45. The molecule has 2 fully saturated rings. The van der Waals surface area contributed by atoms with Crippen LogP contribution in [0.4, 0.5) is 27.6 Å². The molecule has 2 heterocycles. The second kappa shape index (κ2) is 11.7. The second-order valence-corrected chi connectivity index (χ2v) is 10.6. The molecule has 2 aromatic carbocycles. The van der Waals surface area contributed by atoms with E-state index in [2.05, 4.69) is 10.1 Å². The number of aromatic nitrogens is 1. The standard InChI is InChI=1S/C30H28F5N3O5/c1-16-10-11-37(18-4-3-5-18)29(41)26(16)38-15-22(25-23(31)12-20(42-2)13-24(25)32)21(28(38)40)14-36-27(39)17-6-8-19(9-7-17)43-30(33,34)35/h6-13,18,21-22H,3-5,14-15H2,1-2H3,(H,36,39)/t21?,22-/m1/s1. The van der Waals surface area contributed by atoms with E-state index in [1.165, 1.54) is 12.0 Å². The molecule has 1 unspecified atom stereocenters. The van der Waals surface area contributed by atoms with Gasteiger partial charge in [-0.2, -0.15) is 0 Å². The first kappa shape index (κ1) is 30.1. The number of nitrogens with zero attached hydrogens (tertiary/aromatic N) is 2. The van der Waals surface area contributed by atoms with Crippen LogP contribution in [0.15, 0.2) is 53.5 Å². The highest BCUT2D eigenvalue weighted by Crippen LogP contribution is 2.40. The monoisotopic (exact) mass is 605 g/mol.